The second-order valence-electron chi connectivity index (χ2n) is 0.953. The Bertz CT molecular complexity index is 84.4. The maximum absolute atomic E-state index is 3.73. The number of pyridine rings is 1. The molecule has 0 aliphatic carbocycles. The molecule has 0 unspecified atom stereocenters. The van der Waals surface area contributed by atoms with Crippen LogP contribution in [-0.4, -0.2) is 4.98 Å². The molecule has 1 aromatic heterocycles. The Morgan fingerprint density at radius 1 is 1.38 bits per heavy atom. The van der Waals surface area contributed by atoms with Gasteiger partial charge in [-0.05, 0) is 6.07 Å². The predicted octanol–water partition coefficient (Wildman–Crippen LogP) is -2.12. The molecule has 8 heavy (non-hydrogen) atoms. The van der Waals surface area contributed by atoms with Gasteiger partial charge in [0.25, 0.3) is 0 Å². The fourth-order valence-electron chi connectivity index (χ4n) is 0.277. The van der Waals surface area contributed by atoms with Crippen LogP contribution in [0.25, 0.3) is 0 Å². The van der Waals surface area contributed by atoms with Crippen LogP contribution in [0.1, 0.15) is 0 Å². The fraction of sp³-hybridized carbons (Fsp3) is 0. The van der Waals surface area contributed by atoms with Crippen molar-refractivity contribution in [3.63, 3.8) is 0 Å². The Morgan fingerprint density at radius 3 is 2.25 bits per heavy atom. The smallest absolute Gasteiger partial charge is 0.0346 e. The number of aromatic nitrogens is 1. The van der Waals surface area contributed by atoms with Crippen LogP contribution in [0.2, 0.25) is 0 Å². The van der Waals surface area contributed by atoms with E-state index >= 15 is 0 Å². The molecular weight excluding hydrogens is 266 g/mol. The van der Waals surface area contributed by atoms with E-state index in [-0.39, 0.29) is 43.5 Å². The first-order valence-electron chi connectivity index (χ1n) is 1.76. The third kappa shape index (κ3) is 4.66. The molecule has 1 radical (unpaired) electrons. The molecule has 0 spiro atoms. The Hall–Kier alpha value is 0.503. The van der Waals surface area contributed by atoms with Gasteiger partial charge in [0.15, 0.2) is 0 Å². The van der Waals surface area contributed by atoms with Crippen molar-refractivity contribution in [2.75, 3.05) is 0 Å². The van der Waals surface area contributed by atoms with E-state index in [9.17, 15) is 0 Å². The summed E-state index contributed by atoms with van der Waals surface area (Å²) in [5.74, 6) is 0. The van der Waals surface area contributed by atoms with Gasteiger partial charge in [-0.25, -0.2) is 0 Å². The zero-order valence-corrected chi connectivity index (χ0v) is 9.47. The van der Waals surface area contributed by atoms with Crippen LogP contribution in [0.15, 0.2) is 24.5 Å². The molecule has 39 valence electrons. The average Bonchev–Trinajstić information content (AvgIpc) is 1.72. The molecule has 1 nitrogen and oxygen atoms in total. The SMILES string of the molecule is [I-].[Zn].[c]1cccnc1. The molecule has 1 heterocycles. The minimum Gasteiger partial charge on any atom is -1.00 e. The van der Waals surface area contributed by atoms with Gasteiger partial charge < -0.3 is 24.0 Å². The summed E-state index contributed by atoms with van der Waals surface area (Å²) in [6.45, 7) is 0. The molecule has 0 aliphatic heterocycles. The van der Waals surface area contributed by atoms with Crippen LogP contribution in [-0.2, 0) is 19.5 Å². The summed E-state index contributed by atoms with van der Waals surface area (Å²) < 4.78 is 0. The van der Waals surface area contributed by atoms with Crippen molar-refractivity contribution in [2.24, 2.45) is 0 Å². The van der Waals surface area contributed by atoms with Gasteiger partial charge >= 0.3 is 0 Å². The van der Waals surface area contributed by atoms with Crippen molar-refractivity contribution < 1.29 is 43.5 Å². The maximum Gasteiger partial charge on any atom is 0.0346 e. The topological polar surface area (TPSA) is 12.9 Å². The molecule has 1 rings (SSSR count). The van der Waals surface area contributed by atoms with Crippen LogP contribution < -0.4 is 24.0 Å². The van der Waals surface area contributed by atoms with Gasteiger partial charge in [0, 0.05) is 37.9 Å². The zero-order chi connectivity index (χ0) is 4.24. The largest absolute Gasteiger partial charge is 1.00 e. The molecule has 0 aromatic carbocycles. The minimum absolute atomic E-state index is 0. The first-order valence-corrected chi connectivity index (χ1v) is 1.76. The quantitative estimate of drug-likeness (QED) is 0.388. The van der Waals surface area contributed by atoms with Crippen molar-refractivity contribution in [2.45, 2.75) is 0 Å². The van der Waals surface area contributed by atoms with Gasteiger partial charge in [0.2, 0.25) is 0 Å². The number of nitrogens with zero attached hydrogens (tertiary/aromatic N) is 1. The first kappa shape index (κ1) is 11.3. The van der Waals surface area contributed by atoms with Crippen LogP contribution in [0.3, 0.4) is 0 Å². The minimum atomic E-state index is 0. The first-order chi connectivity index (χ1) is 3.00. The maximum atomic E-state index is 3.73. The summed E-state index contributed by atoms with van der Waals surface area (Å²) in [6.07, 6.45) is 3.34. The van der Waals surface area contributed by atoms with Gasteiger partial charge in [-0.1, -0.05) is 6.07 Å². The molecular formula is C5H4INZn-. The Kier molecular flexibility index (Phi) is 10.6. The Balaban J connectivity index is 0. The van der Waals surface area contributed by atoms with E-state index in [0.717, 1.165) is 0 Å². The molecule has 0 fully saturated rings. The summed E-state index contributed by atoms with van der Waals surface area (Å²) >= 11 is 0. The second-order valence-corrected chi connectivity index (χ2v) is 0.953. The molecule has 0 amide bonds. The normalized spacial score (nSPS) is 6.00. The van der Waals surface area contributed by atoms with Crippen molar-refractivity contribution in [1.82, 2.24) is 4.98 Å². The van der Waals surface area contributed by atoms with E-state index < -0.39 is 0 Å². The standard InChI is InChI=1S/C5H4N.HI.Zn/c1-2-4-6-5-3-1;;/h1-2,4-5H;1H;/p-1. The predicted molar refractivity (Wildman–Crippen MR) is 23.1 cm³/mol. The van der Waals surface area contributed by atoms with Gasteiger partial charge in [0.1, 0.15) is 0 Å². The van der Waals surface area contributed by atoms with Gasteiger partial charge in [-0.2, -0.15) is 0 Å². The van der Waals surface area contributed by atoms with E-state index in [4.69, 9.17) is 0 Å². The number of hydrogen-bond acceptors (Lipinski definition) is 1. The van der Waals surface area contributed by atoms with Crippen LogP contribution in [0.4, 0.5) is 0 Å². The summed E-state index contributed by atoms with van der Waals surface area (Å²) in [6, 6.07) is 6.43. The summed E-state index contributed by atoms with van der Waals surface area (Å²) in [7, 11) is 0. The fourth-order valence-corrected chi connectivity index (χ4v) is 0.277. The van der Waals surface area contributed by atoms with Gasteiger partial charge in [-0.15, -0.1) is 0 Å². The summed E-state index contributed by atoms with van der Waals surface area (Å²) in [5, 5.41) is 0. The monoisotopic (exact) mass is 269 g/mol. The third-order valence-corrected chi connectivity index (χ3v) is 0.514. The summed E-state index contributed by atoms with van der Waals surface area (Å²) in [5.41, 5.74) is 0. The van der Waals surface area contributed by atoms with E-state index in [2.05, 4.69) is 11.1 Å². The zero-order valence-electron chi connectivity index (χ0n) is 4.34. The number of rotatable bonds is 0. The third-order valence-electron chi connectivity index (χ3n) is 0.514. The second kappa shape index (κ2) is 7.50. The summed E-state index contributed by atoms with van der Waals surface area (Å²) in [4.78, 5) is 3.73. The van der Waals surface area contributed by atoms with Crippen LogP contribution in [0, 0.1) is 6.07 Å². The van der Waals surface area contributed by atoms with E-state index in [1.165, 1.54) is 0 Å². The van der Waals surface area contributed by atoms with Crippen LogP contribution >= 0.6 is 0 Å². The Labute approximate surface area is 78.7 Å². The van der Waals surface area contributed by atoms with E-state index in [0.29, 0.717) is 0 Å². The van der Waals surface area contributed by atoms with Crippen molar-refractivity contribution >= 4 is 0 Å². The van der Waals surface area contributed by atoms with E-state index in [1.807, 2.05) is 12.1 Å². The molecule has 0 saturated heterocycles. The number of halogens is 1. The molecule has 0 atom stereocenters. The molecule has 3 heteroatoms. The molecule has 0 aliphatic rings. The molecule has 0 N–H and O–H groups in total. The van der Waals surface area contributed by atoms with Gasteiger partial charge in [0.05, 0.1) is 0 Å². The Morgan fingerprint density at radius 2 is 2.12 bits per heavy atom. The van der Waals surface area contributed by atoms with E-state index in [1.54, 1.807) is 12.4 Å². The number of hydrogen-bond donors (Lipinski definition) is 0. The average molecular weight is 270 g/mol. The van der Waals surface area contributed by atoms with Crippen molar-refractivity contribution in [1.29, 1.82) is 0 Å². The van der Waals surface area contributed by atoms with Crippen LogP contribution in [0.5, 0.6) is 0 Å². The molecule has 1 aromatic rings. The van der Waals surface area contributed by atoms with Crippen molar-refractivity contribution in [3.05, 3.63) is 30.6 Å². The molecule has 0 bridgehead atoms. The molecule has 0 saturated carbocycles. The van der Waals surface area contributed by atoms with Gasteiger partial charge in [-0.3, -0.25) is 4.98 Å². The van der Waals surface area contributed by atoms with Crippen molar-refractivity contribution in [3.8, 4) is 0 Å².